The molecule has 0 amide bonds. The van der Waals surface area contributed by atoms with Gasteiger partial charge >= 0.3 is 0 Å². The second kappa shape index (κ2) is 8.23. The van der Waals surface area contributed by atoms with Crippen LogP contribution in [0.1, 0.15) is 63.9 Å². The number of carbonyl (C=O) groups is 1. The number of nitriles is 1. The Balaban J connectivity index is 1.81. The van der Waals surface area contributed by atoms with Crippen molar-refractivity contribution in [1.82, 2.24) is 5.32 Å². The molecule has 0 bridgehead atoms. The maximum Gasteiger partial charge on any atom is 0.175 e. The second-order valence-corrected chi connectivity index (χ2v) is 10.2. The van der Waals surface area contributed by atoms with Gasteiger partial charge in [0.15, 0.2) is 17.3 Å². The maximum absolute atomic E-state index is 13.2. The van der Waals surface area contributed by atoms with Crippen LogP contribution in [0.4, 0.5) is 0 Å². The fourth-order valence-electron chi connectivity index (χ4n) is 4.96. The van der Waals surface area contributed by atoms with Crippen LogP contribution in [0.15, 0.2) is 39.3 Å². The first-order chi connectivity index (χ1) is 14.7. The molecule has 164 valence electrons. The van der Waals surface area contributed by atoms with Crippen molar-refractivity contribution < 1.29 is 14.3 Å². The van der Waals surface area contributed by atoms with E-state index < -0.39 is 5.92 Å². The highest BCUT2D eigenvalue weighted by atomic mass is 79.9. The van der Waals surface area contributed by atoms with Crippen LogP contribution in [0.3, 0.4) is 0 Å². The zero-order valence-electron chi connectivity index (χ0n) is 18.2. The first-order valence-electron chi connectivity index (χ1n) is 10.7. The third-order valence-electron chi connectivity index (χ3n) is 6.37. The van der Waals surface area contributed by atoms with Gasteiger partial charge in [-0.2, -0.15) is 5.26 Å². The summed E-state index contributed by atoms with van der Waals surface area (Å²) in [5.41, 5.74) is 8.65. The van der Waals surface area contributed by atoms with Crippen LogP contribution in [-0.2, 0) is 4.79 Å². The molecule has 2 aliphatic carbocycles. The van der Waals surface area contributed by atoms with Crippen LogP contribution in [0.5, 0.6) is 11.5 Å². The minimum atomic E-state index is -0.532. The Bertz CT molecular complexity index is 1030. The Morgan fingerprint density at radius 3 is 2.61 bits per heavy atom. The molecular weight excluding hydrogens is 458 g/mol. The number of carbonyl (C=O) groups excluding carboxylic acids is 1. The lowest BCUT2D eigenvalue weighted by atomic mass is 9.69. The summed E-state index contributed by atoms with van der Waals surface area (Å²) >= 11 is 3.64. The van der Waals surface area contributed by atoms with Crippen molar-refractivity contribution in [3.63, 3.8) is 0 Å². The predicted molar refractivity (Wildman–Crippen MR) is 121 cm³/mol. The Kier molecular flexibility index (Phi) is 5.78. The highest BCUT2D eigenvalue weighted by molar-refractivity contribution is 9.10. The van der Waals surface area contributed by atoms with Gasteiger partial charge in [0.1, 0.15) is 5.82 Å². The molecule has 3 aliphatic rings. The minimum absolute atomic E-state index is 0.0466. The molecule has 6 nitrogen and oxygen atoms in total. The average molecular weight is 486 g/mol. The first-order valence-corrected chi connectivity index (χ1v) is 11.5. The van der Waals surface area contributed by atoms with Gasteiger partial charge in [-0.1, -0.05) is 13.8 Å². The van der Waals surface area contributed by atoms with Crippen LogP contribution in [0.2, 0.25) is 0 Å². The number of nitrogens with one attached hydrogen (secondary N) is 1. The molecule has 7 heteroatoms. The van der Waals surface area contributed by atoms with Crippen LogP contribution >= 0.6 is 15.9 Å². The van der Waals surface area contributed by atoms with E-state index in [1.807, 2.05) is 12.1 Å². The number of Topliss-reactive ketones (excluding diaryl/α,β-unsaturated/α-hetero) is 1. The molecule has 31 heavy (non-hydrogen) atoms. The van der Waals surface area contributed by atoms with E-state index in [1.165, 1.54) is 12.8 Å². The lowest BCUT2D eigenvalue weighted by Gasteiger charge is -2.38. The topological polar surface area (TPSA) is 97.4 Å². The van der Waals surface area contributed by atoms with Crippen molar-refractivity contribution in [1.29, 1.82) is 5.26 Å². The number of rotatable bonds is 4. The van der Waals surface area contributed by atoms with E-state index in [1.54, 1.807) is 7.11 Å². The van der Waals surface area contributed by atoms with Crippen LogP contribution in [-0.4, -0.2) is 19.0 Å². The van der Waals surface area contributed by atoms with Gasteiger partial charge in [0.25, 0.3) is 0 Å². The van der Waals surface area contributed by atoms with Gasteiger partial charge in [0, 0.05) is 17.7 Å². The molecular formula is C24H28BrN3O3. The van der Waals surface area contributed by atoms with Gasteiger partial charge in [-0.05, 0) is 71.1 Å². The third kappa shape index (κ3) is 4.06. The van der Waals surface area contributed by atoms with Crippen LogP contribution in [0.25, 0.3) is 0 Å². The number of dihydropyridines is 1. The second-order valence-electron chi connectivity index (χ2n) is 9.39. The molecule has 1 saturated carbocycles. The van der Waals surface area contributed by atoms with E-state index in [0.717, 1.165) is 28.6 Å². The van der Waals surface area contributed by atoms with Gasteiger partial charge in [-0.25, -0.2) is 0 Å². The SMILES string of the molecule is COc1cc(C2C(C#N)=C(N)NC3=C2C(=O)CC(C)(C)C3)cc(Br)c1OC1CCCC1. The summed E-state index contributed by atoms with van der Waals surface area (Å²) in [7, 11) is 1.60. The monoisotopic (exact) mass is 485 g/mol. The smallest absolute Gasteiger partial charge is 0.175 e. The highest BCUT2D eigenvalue weighted by Gasteiger charge is 2.42. The number of nitrogens with zero attached hydrogens (tertiary/aromatic N) is 1. The summed E-state index contributed by atoms with van der Waals surface area (Å²) in [5.74, 6) is 1.06. The van der Waals surface area contributed by atoms with Crippen molar-refractivity contribution in [2.75, 3.05) is 7.11 Å². The standard InChI is InChI=1S/C24H28BrN3O3/c1-24(2)10-17-21(18(29)11-24)20(15(12-26)23(27)28-17)13-8-16(25)22(19(9-13)30-3)31-14-6-4-5-7-14/h8-9,14,20,28H,4-7,10-11,27H2,1-3H3. The van der Waals surface area contributed by atoms with Gasteiger partial charge < -0.3 is 20.5 Å². The molecule has 0 saturated heterocycles. The fourth-order valence-corrected chi connectivity index (χ4v) is 5.52. The molecule has 3 N–H and O–H groups in total. The maximum atomic E-state index is 13.2. The molecule has 0 spiro atoms. The van der Waals surface area contributed by atoms with Crippen LogP contribution < -0.4 is 20.5 Å². The molecule has 1 unspecified atom stereocenters. The summed E-state index contributed by atoms with van der Waals surface area (Å²) < 4.78 is 12.6. The molecule has 0 radical (unpaired) electrons. The molecule has 1 atom stereocenters. The van der Waals surface area contributed by atoms with Crippen LogP contribution in [0, 0.1) is 16.7 Å². The number of halogens is 1. The van der Waals surface area contributed by atoms with Gasteiger partial charge in [0.05, 0.1) is 35.2 Å². The molecule has 1 aromatic carbocycles. The fraction of sp³-hybridized carbons (Fsp3) is 0.500. The Hall–Kier alpha value is -2.46. The summed E-state index contributed by atoms with van der Waals surface area (Å²) in [5, 5.41) is 13.0. The molecule has 0 aromatic heterocycles. The largest absolute Gasteiger partial charge is 0.493 e. The summed E-state index contributed by atoms with van der Waals surface area (Å²) in [6.07, 6.45) is 5.71. The minimum Gasteiger partial charge on any atom is -0.493 e. The van der Waals surface area contributed by atoms with Crippen molar-refractivity contribution in [3.8, 4) is 17.6 Å². The molecule has 1 aliphatic heterocycles. The molecule has 1 aromatic rings. The number of ether oxygens (including phenoxy) is 2. The van der Waals surface area contributed by atoms with E-state index in [0.29, 0.717) is 41.3 Å². The Morgan fingerprint density at radius 1 is 1.26 bits per heavy atom. The Labute approximate surface area is 191 Å². The number of ketones is 1. The zero-order chi connectivity index (χ0) is 22.3. The first kappa shape index (κ1) is 21.8. The molecule has 1 fully saturated rings. The van der Waals surface area contributed by atoms with Crippen molar-refractivity contribution in [2.24, 2.45) is 11.1 Å². The quantitative estimate of drug-likeness (QED) is 0.635. The zero-order valence-corrected chi connectivity index (χ0v) is 19.8. The normalized spacial score (nSPS) is 23.3. The predicted octanol–water partition coefficient (Wildman–Crippen LogP) is 4.80. The van der Waals surface area contributed by atoms with Gasteiger partial charge in [-0.3, -0.25) is 4.79 Å². The van der Waals surface area contributed by atoms with E-state index in [-0.39, 0.29) is 17.3 Å². The number of hydrogen-bond acceptors (Lipinski definition) is 6. The lowest BCUT2D eigenvalue weighted by molar-refractivity contribution is -0.118. The number of methoxy groups -OCH3 is 1. The van der Waals surface area contributed by atoms with E-state index >= 15 is 0 Å². The number of hydrogen-bond donors (Lipinski definition) is 2. The van der Waals surface area contributed by atoms with E-state index in [2.05, 4.69) is 41.2 Å². The summed E-state index contributed by atoms with van der Waals surface area (Å²) in [6.45, 7) is 4.14. The summed E-state index contributed by atoms with van der Waals surface area (Å²) in [4.78, 5) is 13.2. The van der Waals surface area contributed by atoms with Gasteiger partial charge in [0.2, 0.25) is 0 Å². The summed E-state index contributed by atoms with van der Waals surface area (Å²) in [6, 6.07) is 6.02. The van der Waals surface area contributed by atoms with E-state index in [9.17, 15) is 10.1 Å². The van der Waals surface area contributed by atoms with Crippen molar-refractivity contribution in [2.45, 2.75) is 64.4 Å². The molecule has 4 rings (SSSR count). The Morgan fingerprint density at radius 2 is 1.97 bits per heavy atom. The number of benzene rings is 1. The van der Waals surface area contributed by atoms with E-state index in [4.69, 9.17) is 15.2 Å². The lowest BCUT2D eigenvalue weighted by Crippen LogP contribution is -2.39. The number of nitrogens with two attached hydrogens (primary N) is 1. The average Bonchev–Trinajstić information content (AvgIpc) is 3.20. The highest BCUT2D eigenvalue weighted by Crippen LogP contribution is 2.48. The van der Waals surface area contributed by atoms with Crippen molar-refractivity contribution >= 4 is 21.7 Å². The third-order valence-corrected chi connectivity index (χ3v) is 6.95. The number of allylic oxidation sites excluding steroid dienone is 3. The molecule has 1 heterocycles. The van der Waals surface area contributed by atoms with Gasteiger partial charge in [-0.15, -0.1) is 0 Å². The van der Waals surface area contributed by atoms with Crippen molar-refractivity contribution in [3.05, 3.63) is 44.8 Å².